The Hall–Kier alpha value is -1.19. The number of thiophene rings is 2. The van der Waals surface area contributed by atoms with Gasteiger partial charge in [-0.15, -0.1) is 22.7 Å². The smallest absolute Gasteiger partial charge is 0.195 e. The lowest BCUT2D eigenvalue weighted by atomic mass is 10.2. The van der Waals surface area contributed by atoms with E-state index in [1.54, 1.807) is 28.7 Å². The summed E-state index contributed by atoms with van der Waals surface area (Å²) in [5.74, 6) is 0.103. The van der Waals surface area contributed by atoms with Gasteiger partial charge >= 0.3 is 0 Å². The minimum absolute atomic E-state index is 0.103. The maximum absolute atomic E-state index is 11.9. The molecule has 0 aliphatic heterocycles. The van der Waals surface area contributed by atoms with Crippen molar-refractivity contribution in [2.45, 2.75) is 19.8 Å². The van der Waals surface area contributed by atoms with Crippen LogP contribution in [0.2, 0.25) is 0 Å². The number of ketones is 1. The molecule has 0 aromatic carbocycles. The van der Waals surface area contributed by atoms with Gasteiger partial charge in [0.2, 0.25) is 0 Å². The van der Waals surface area contributed by atoms with Gasteiger partial charge in [-0.25, -0.2) is 0 Å². The highest BCUT2D eigenvalue weighted by molar-refractivity contribution is 7.14. The summed E-state index contributed by atoms with van der Waals surface area (Å²) in [6.45, 7) is 2.15. The Morgan fingerprint density at radius 2 is 2.24 bits per heavy atom. The van der Waals surface area contributed by atoms with E-state index in [0.29, 0.717) is 0 Å². The largest absolute Gasteiger partial charge is 0.288 e. The van der Waals surface area contributed by atoms with Gasteiger partial charge < -0.3 is 0 Å². The molecule has 3 heteroatoms. The first kappa shape index (κ1) is 12.3. The van der Waals surface area contributed by atoms with Crippen molar-refractivity contribution in [1.82, 2.24) is 0 Å². The minimum atomic E-state index is 0.103. The first-order valence-electron chi connectivity index (χ1n) is 5.64. The monoisotopic (exact) mass is 262 g/mol. The van der Waals surface area contributed by atoms with Crippen LogP contribution in [0.5, 0.6) is 0 Å². The topological polar surface area (TPSA) is 17.1 Å². The third kappa shape index (κ3) is 3.38. The lowest BCUT2D eigenvalue weighted by Crippen LogP contribution is -1.88. The van der Waals surface area contributed by atoms with Crippen LogP contribution in [-0.4, -0.2) is 5.78 Å². The summed E-state index contributed by atoms with van der Waals surface area (Å²) in [4.78, 5) is 15.1. The van der Waals surface area contributed by atoms with E-state index in [9.17, 15) is 4.79 Å². The lowest BCUT2D eigenvalue weighted by molar-refractivity contribution is 0.105. The van der Waals surface area contributed by atoms with Gasteiger partial charge in [0.15, 0.2) is 5.78 Å². The summed E-state index contributed by atoms with van der Waals surface area (Å²) in [5, 5.41) is 2.01. The molecule has 2 aromatic rings. The van der Waals surface area contributed by atoms with Gasteiger partial charge in [0.1, 0.15) is 0 Å². The van der Waals surface area contributed by atoms with E-state index >= 15 is 0 Å². The summed E-state index contributed by atoms with van der Waals surface area (Å²) in [6.07, 6.45) is 5.73. The zero-order valence-corrected chi connectivity index (χ0v) is 11.3. The Morgan fingerprint density at radius 1 is 1.35 bits per heavy atom. The highest BCUT2D eigenvalue weighted by atomic mass is 32.1. The lowest BCUT2D eigenvalue weighted by Gasteiger charge is -1.90. The van der Waals surface area contributed by atoms with Crippen molar-refractivity contribution in [2.75, 3.05) is 0 Å². The molecule has 0 radical (unpaired) electrons. The van der Waals surface area contributed by atoms with Crippen molar-refractivity contribution in [1.29, 1.82) is 0 Å². The number of carbonyl (C=O) groups excluding carboxylic acids is 1. The molecule has 0 amide bonds. The van der Waals surface area contributed by atoms with E-state index in [4.69, 9.17) is 0 Å². The quantitative estimate of drug-likeness (QED) is 0.566. The molecule has 0 saturated heterocycles. The average molecular weight is 262 g/mol. The maximum Gasteiger partial charge on any atom is 0.195 e. The van der Waals surface area contributed by atoms with E-state index in [1.165, 1.54) is 4.88 Å². The van der Waals surface area contributed by atoms with Crippen LogP contribution in [0.3, 0.4) is 0 Å². The van der Waals surface area contributed by atoms with Crippen LogP contribution >= 0.6 is 22.7 Å². The number of hydrogen-bond donors (Lipinski definition) is 0. The summed E-state index contributed by atoms with van der Waals surface area (Å²) < 4.78 is 0. The molecule has 2 aromatic heterocycles. The third-order valence-electron chi connectivity index (χ3n) is 2.34. The number of carbonyl (C=O) groups is 1. The van der Waals surface area contributed by atoms with Crippen LogP contribution in [0, 0.1) is 0 Å². The summed E-state index contributed by atoms with van der Waals surface area (Å²) >= 11 is 3.24. The molecular formula is C14H14OS2. The first-order chi connectivity index (χ1) is 8.29. The fourth-order valence-electron chi connectivity index (χ4n) is 1.52. The molecule has 0 atom stereocenters. The minimum Gasteiger partial charge on any atom is -0.288 e. The second-order valence-corrected chi connectivity index (χ2v) is 5.88. The predicted molar refractivity (Wildman–Crippen MR) is 76.0 cm³/mol. The number of rotatable bonds is 5. The highest BCUT2D eigenvalue weighted by Crippen LogP contribution is 2.19. The van der Waals surface area contributed by atoms with Crippen molar-refractivity contribution < 1.29 is 4.79 Å². The maximum atomic E-state index is 11.9. The molecule has 0 aliphatic rings. The number of aryl methyl sites for hydroxylation is 1. The molecule has 0 aliphatic carbocycles. The van der Waals surface area contributed by atoms with Gasteiger partial charge in [0, 0.05) is 9.75 Å². The van der Waals surface area contributed by atoms with Crippen molar-refractivity contribution in [2.24, 2.45) is 0 Å². The normalized spacial score (nSPS) is 11.1. The van der Waals surface area contributed by atoms with Gasteiger partial charge in [-0.2, -0.15) is 0 Å². The molecule has 0 spiro atoms. The fourth-order valence-corrected chi connectivity index (χ4v) is 3.16. The van der Waals surface area contributed by atoms with Gasteiger partial charge in [0.05, 0.1) is 4.88 Å². The van der Waals surface area contributed by atoms with E-state index in [0.717, 1.165) is 22.6 Å². The average Bonchev–Trinajstić information content (AvgIpc) is 2.97. The van der Waals surface area contributed by atoms with Crippen LogP contribution in [0.4, 0.5) is 0 Å². The Morgan fingerprint density at radius 3 is 2.94 bits per heavy atom. The van der Waals surface area contributed by atoms with Gasteiger partial charge in [-0.05, 0) is 42.2 Å². The molecule has 2 rings (SSSR count). The van der Waals surface area contributed by atoms with Gasteiger partial charge in [0.25, 0.3) is 0 Å². The fraction of sp³-hybridized carbons (Fsp3) is 0.214. The zero-order chi connectivity index (χ0) is 12.1. The van der Waals surface area contributed by atoms with E-state index in [1.807, 2.05) is 29.7 Å². The second-order valence-electron chi connectivity index (χ2n) is 3.73. The van der Waals surface area contributed by atoms with Crippen LogP contribution in [0.25, 0.3) is 6.08 Å². The molecule has 0 N–H and O–H groups in total. The van der Waals surface area contributed by atoms with Crippen molar-refractivity contribution >= 4 is 34.5 Å². The molecule has 1 nitrogen and oxygen atoms in total. The standard InChI is InChI=1S/C14H14OS2/c1-2-4-12-7-9-14(17-12)13(15)8-6-11-5-3-10-16-11/h3,5-10H,2,4H2,1H3/b8-6+. The van der Waals surface area contributed by atoms with Crippen molar-refractivity contribution in [3.8, 4) is 0 Å². The van der Waals surface area contributed by atoms with Crippen LogP contribution in [0.1, 0.15) is 32.8 Å². The van der Waals surface area contributed by atoms with Crippen molar-refractivity contribution in [3.05, 3.63) is 50.4 Å². The SMILES string of the molecule is CCCc1ccc(C(=O)/C=C/c2cccs2)s1. The Balaban J connectivity index is 2.04. The molecule has 2 heterocycles. The molecule has 0 fully saturated rings. The van der Waals surface area contributed by atoms with E-state index < -0.39 is 0 Å². The second kappa shape index (κ2) is 5.94. The highest BCUT2D eigenvalue weighted by Gasteiger charge is 2.05. The van der Waals surface area contributed by atoms with Gasteiger partial charge in [-0.3, -0.25) is 4.79 Å². The van der Waals surface area contributed by atoms with E-state index in [2.05, 4.69) is 13.0 Å². The molecule has 0 saturated carbocycles. The first-order valence-corrected chi connectivity index (χ1v) is 7.34. The summed E-state index contributed by atoms with van der Waals surface area (Å²) in [5.41, 5.74) is 0. The van der Waals surface area contributed by atoms with Crippen molar-refractivity contribution in [3.63, 3.8) is 0 Å². The van der Waals surface area contributed by atoms with Gasteiger partial charge in [-0.1, -0.05) is 19.4 Å². The Labute approximate surface area is 109 Å². The van der Waals surface area contributed by atoms with Crippen LogP contribution in [-0.2, 0) is 6.42 Å². The number of allylic oxidation sites excluding steroid dienone is 1. The molecule has 88 valence electrons. The van der Waals surface area contributed by atoms with Crippen LogP contribution in [0.15, 0.2) is 35.7 Å². The summed E-state index contributed by atoms with van der Waals surface area (Å²) in [7, 11) is 0. The van der Waals surface area contributed by atoms with Crippen LogP contribution < -0.4 is 0 Å². The summed E-state index contributed by atoms with van der Waals surface area (Å²) in [6, 6.07) is 7.97. The Kier molecular flexibility index (Phi) is 4.29. The van der Waals surface area contributed by atoms with E-state index in [-0.39, 0.29) is 5.78 Å². The molecule has 0 unspecified atom stereocenters. The Bertz CT molecular complexity index is 506. The number of hydrogen-bond acceptors (Lipinski definition) is 3. The molecular weight excluding hydrogens is 248 g/mol. The molecule has 17 heavy (non-hydrogen) atoms. The molecule has 0 bridgehead atoms. The predicted octanol–water partition coefficient (Wildman–Crippen LogP) is 4.66. The zero-order valence-electron chi connectivity index (χ0n) is 9.68. The third-order valence-corrected chi connectivity index (χ3v) is 4.34.